The summed E-state index contributed by atoms with van der Waals surface area (Å²) in [7, 11) is 2.97. The van der Waals surface area contributed by atoms with E-state index in [1.165, 1.54) is 38.5 Å². The van der Waals surface area contributed by atoms with Gasteiger partial charge in [-0.2, -0.15) is 5.26 Å². The summed E-state index contributed by atoms with van der Waals surface area (Å²) in [6, 6.07) is 12.5. The molecule has 0 bridgehead atoms. The molecule has 0 saturated heterocycles. The first-order chi connectivity index (χ1) is 14.0. The molecule has 29 heavy (non-hydrogen) atoms. The fourth-order valence-corrected chi connectivity index (χ4v) is 2.27. The van der Waals surface area contributed by atoms with E-state index in [1.807, 2.05) is 0 Å². The number of nitrogens with one attached hydrogen (secondary N) is 2. The van der Waals surface area contributed by atoms with Gasteiger partial charge in [-0.3, -0.25) is 9.59 Å². The Morgan fingerprint density at radius 1 is 0.966 bits per heavy atom. The minimum absolute atomic E-state index is 0.207. The second-order valence-electron chi connectivity index (χ2n) is 5.65. The van der Waals surface area contributed by atoms with Crippen LogP contribution < -0.4 is 20.1 Å². The molecule has 0 spiro atoms. The average Bonchev–Trinajstić information content (AvgIpc) is 2.73. The van der Waals surface area contributed by atoms with Crippen LogP contribution in [-0.2, 0) is 14.3 Å². The smallest absolute Gasteiger partial charge is 0.338 e. The molecule has 0 aliphatic rings. The molecule has 9 nitrogen and oxygen atoms in total. The van der Waals surface area contributed by atoms with Crippen molar-refractivity contribution in [2.45, 2.75) is 6.42 Å². The van der Waals surface area contributed by atoms with Gasteiger partial charge in [-0.15, -0.1) is 0 Å². The number of ether oxygens (including phenoxy) is 3. The van der Waals surface area contributed by atoms with Crippen molar-refractivity contribution in [2.24, 2.45) is 0 Å². The lowest BCUT2D eigenvalue weighted by Crippen LogP contribution is -2.21. The monoisotopic (exact) mass is 397 g/mol. The third kappa shape index (κ3) is 6.25. The topological polar surface area (TPSA) is 127 Å². The Bertz CT molecular complexity index is 934. The summed E-state index contributed by atoms with van der Waals surface area (Å²) < 4.78 is 15.3. The van der Waals surface area contributed by atoms with Crippen molar-refractivity contribution >= 4 is 29.2 Å². The predicted molar refractivity (Wildman–Crippen MR) is 104 cm³/mol. The molecule has 2 N–H and O–H groups in total. The highest BCUT2D eigenvalue weighted by molar-refractivity contribution is 5.97. The number of anilines is 2. The number of methoxy groups -OCH3 is 2. The Hall–Kier alpha value is -4.06. The molecule has 0 heterocycles. The highest BCUT2D eigenvalue weighted by Crippen LogP contribution is 2.28. The molecule has 0 aromatic heterocycles. The van der Waals surface area contributed by atoms with E-state index in [0.717, 1.165) is 0 Å². The SMILES string of the molecule is COc1ccc(NC(=O)COC(=O)c2ccc(NC(=O)CC#N)cc2)c(OC)c1. The fraction of sp³-hybridized carbons (Fsp3) is 0.200. The molecule has 2 aromatic carbocycles. The maximum Gasteiger partial charge on any atom is 0.338 e. The lowest BCUT2D eigenvalue weighted by molar-refractivity contribution is -0.119. The van der Waals surface area contributed by atoms with Gasteiger partial charge in [-0.05, 0) is 36.4 Å². The summed E-state index contributed by atoms with van der Waals surface area (Å²) in [6.07, 6.45) is -0.266. The molecule has 0 unspecified atom stereocenters. The van der Waals surface area contributed by atoms with Gasteiger partial charge in [0.2, 0.25) is 5.91 Å². The number of hydrogen-bond donors (Lipinski definition) is 2. The summed E-state index contributed by atoms with van der Waals surface area (Å²) in [6.45, 7) is -0.491. The first-order valence-electron chi connectivity index (χ1n) is 8.42. The van der Waals surface area contributed by atoms with Crippen LogP contribution in [0.1, 0.15) is 16.8 Å². The quantitative estimate of drug-likeness (QED) is 0.655. The molecule has 0 fully saturated rings. The fourth-order valence-electron chi connectivity index (χ4n) is 2.27. The van der Waals surface area contributed by atoms with Gasteiger partial charge >= 0.3 is 5.97 Å². The zero-order valence-electron chi connectivity index (χ0n) is 15.9. The maximum atomic E-state index is 12.1. The number of nitriles is 1. The van der Waals surface area contributed by atoms with Crippen LogP contribution in [0.25, 0.3) is 0 Å². The molecule has 0 saturated carbocycles. The highest BCUT2D eigenvalue weighted by Gasteiger charge is 2.13. The van der Waals surface area contributed by atoms with E-state index in [9.17, 15) is 14.4 Å². The number of benzene rings is 2. The lowest BCUT2D eigenvalue weighted by Gasteiger charge is -2.12. The Kier molecular flexibility index (Phi) is 7.56. The van der Waals surface area contributed by atoms with Crippen molar-refractivity contribution in [2.75, 3.05) is 31.5 Å². The Morgan fingerprint density at radius 3 is 2.31 bits per heavy atom. The van der Waals surface area contributed by atoms with E-state index < -0.39 is 24.4 Å². The first kappa shape index (κ1) is 21.2. The van der Waals surface area contributed by atoms with E-state index in [0.29, 0.717) is 22.9 Å². The predicted octanol–water partition coefficient (Wildman–Crippen LogP) is 2.35. The summed E-state index contributed by atoms with van der Waals surface area (Å²) >= 11 is 0. The molecule has 0 radical (unpaired) electrons. The number of hydrogen-bond acceptors (Lipinski definition) is 7. The summed E-state index contributed by atoms with van der Waals surface area (Å²) in [5.41, 5.74) is 1.05. The molecule has 2 rings (SSSR count). The van der Waals surface area contributed by atoms with E-state index in [1.54, 1.807) is 24.3 Å². The zero-order chi connectivity index (χ0) is 21.2. The molecule has 0 aliphatic carbocycles. The Labute approximate surface area is 167 Å². The van der Waals surface area contributed by atoms with Gasteiger partial charge in [0.05, 0.1) is 31.5 Å². The normalized spacial score (nSPS) is 9.69. The van der Waals surface area contributed by atoms with Gasteiger partial charge in [-0.25, -0.2) is 4.79 Å². The Balaban J connectivity index is 1.89. The molecule has 150 valence electrons. The summed E-state index contributed by atoms with van der Waals surface area (Å²) in [4.78, 5) is 35.5. The number of carbonyl (C=O) groups excluding carboxylic acids is 3. The second kappa shape index (κ2) is 10.3. The van der Waals surface area contributed by atoms with Gasteiger partial charge in [0.1, 0.15) is 17.9 Å². The lowest BCUT2D eigenvalue weighted by atomic mass is 10.2. The van der Waals surface area contributed by atoms with Gasteiger partial charge in [0, 0.05) is 11.8 Å². The van der Waals surface area contributed by atoms with Gasteiger partial charge in [0.25, 0.3) is 5.91 Å². The minimum Gasteiger partial charge on any atom is -0.497 e. The van der Waals surface area contributed by atoms with Crippen molar-refractivity contribution in [3.63, 3.8) is 0 Å². The van der Waals surface area contributed by atoms with Crippen LogP contribution in [0.4, 0.5) is 11.4 Å². The second-order valence-corrected chi connectivity index (χ2v) is 5.65. The van der Waals surface area contributed by atoms with Crippen LogP contribution in [0.3, 0.4) is 0 Å². The van der Waals surface area contributed by atoms with Crippen LogP contribution >= 0.6 is 0 Å². The Morgan fingerprint density at radius 2 is 1.69 bits per heavy atom. The van der Waals surface area contributed by atoms with E-state index in [2.05, 4.69) is 10.6 Å². The van der Waals surface area contributed by atoms with Crippen molar-refractivity contribution in [3.05, 3.63) is 48.0 Å². The maximum absolute atomic E-state index is 12.1. The van der Waals surface area contributed by atoms with Crippen molar-refractivity contribution in [1.82, 2.24) is 0 Å². The zero-order valence-corrected chi connectivity index (χ0v) is 15.9. The van der Waals surface area contributed by atoms with Crippen molar-refractivity contribution < 1.29 is 28.6 Å². The molecule has 2 amide bonds. The third-order valence-electron chi connectivity index (χ3n) is 3.66. The van der Waals surface area contributed by atoms with Crippen LogP contribution in [0.5, 0.6) is 11.5 Å². The number of esters is 1. The van der Waals surface area contributed by atoms with Gasteiger partial charge < -0.3 is 24.8 Å². The van der Waals surface area contributed by atoms with Crippen LogP contribution in [0.15, 0.2) is 42.5 Å². The molecule has 0 atom stereocenters. The number of rotatable bonds is 8. The average molecular weight is 397 g/mol. The van der Waals surface area contributed by atoms with Gasteiger partial charge in [0.15, 0.2) is 6.61 Å². The number of amides is 2. The summed E-state index contributed by atoms with van der Waals surface area (Å²) in [5.74, 6) is -0.719. The minimum atomic E-state index is -0.697. The first-order valence-corrected chi connectivity index (χ1v) is 8.42. The van der Waals surface area contributed by atoms with Crippen LogP contribution in [0, 0.1) is 11.3 Å². The molecule has 0 aliphatic heterocycles. The van der Waals surface area contributed by atoms with Crippen LogP contribution in [0.2, 0.25) is 0 Å². The summed E-state index contributed by atoms with van der Waals surface area (Å²) in [5, 5.41) is 13.6. The van der Waals surface area contributed by atoms with Crippen LogP contribution in [-0.4, -0.2) is 38.6 Å². The van der Waals surface area contributed by atoms with E-state index in [4.69, 9.17) is 19.5 Å². The molecular weight excluding hydrogens is 378 g/mol. The van der Waals surface area contributed by atoms with E-state index in [-0.39, 0.29) is 12.0 Å². The number of carbonyl (C=O) groups is 3. The van der Waals surface area contributed by atoms with E-state index >= 15 is 0 Å². The molecule has 9 heteroatoms. The van der Waals surface area contributed by atoms with Gasteiger partial charge in [-0.1, -0.05) is 0 Å². The molecule has 2 aromatic rings. The largest absolute Gasteiger partial charge is 0.497 e. The van der Waals surface area contributed by atoms with Crippen molar-refractivity contribution in [1.29, 1.82) is 5.26 Å². The molecular formula is C20H19N3O6. The number of nitrogens with zero attached hydrogens (tertiary/aromatic N) is 1. The highest BCUT2D eigenvalue weighted by atomic mass is 16.5. The third-order valence-corrected chi connectivity index (χ3v) is 3.66. The van der Waals surface area contributed by atoms with Crippen molar-refractivity contribution in [3.8, 4) is 17.6 Å². The standard InChI is InChI=1S/C20H19N3O6/c1-27-15-7-8-16(17(11-15)28-2)23-19(25)12-29-20(26)13-3-5-14(6-4-13)22-18(24)9-10-21/h3-8,11H,9,12H2,1-2H3,(H,22,24)(H,23,25).